The average Bonchev–Trinajstić information content (AvgIpc) is 2.35. The number of hydrogen-bond acceptors (Lipinski definition) is 5. The van der Waals surface area contributed by atoms with Crippen LogP contribution in [0.25, 0.3) is 0 Å². The molecule has 0 rings (SSSR count). The summed E-state index contributed by atoms with van der Waals surface area (Å²) in [5.41, 5.74) is 0.0707. The molecule has 0 aromatic heterocycles. The van der Waals surface area contributed by atoms with Gasteiger partial charge in [0.05, 0.1) is 26.2 Å². The second kappa shape index (κ2) is 8.35. The Morgan fingerprint density at radius 1 is 1.10 bits per heavy atom. The van der Waals surface area contributed by atoms with E-state index in [-0.39, 0.29) is 17.4 Å². The number of carbonyl (C=O) groups excluding carboxylic acids is 3. The molecular weight excluding hydrogens is 262 g/mol. The third-order valence-corrected chi connectivity index (χ3v) is 2.49. The van der Waals surface area contributed by atoms with E-state index in [1.54, 1.807) is 0 Å². The Kier molecular flexibility index (Phi) is 7.57. The van der Waals surface area contributed by atoms with Crippen LogP contribution in [0.2, 0.25) is 0 Å². The van der Waals surface area contributed by atoms with E-state index in [1.165, 1.54) is 14.2 Å². The predicted octanol–water partition coefficient (Wildman–Crippen LogP) is 1.20. The van der Waals surface area contributed by atoms with Crippen LogP contribution in [-0.4, -0.2) is 38.6 Å². The van der Waals surface area contributed by atoms with Crippen LogP contribution in [0.4, 0.5) is 0 Å². The summed E-state index contributed by atoms with van der Waals surface area (Å²) < 4.78 is 8.99. The van der Waals surface area contributed by atoms with Gasteiger partial charge in [-0.3, -0.25) is 9.59 Å². The second-order valence-electron chi connectivity index (χ2n) is 5.52. The van der Waals surface area contributed by atoms with Crippen molar-refractivity contribution in [3.05, 3.63) is 11.6 Å². The fourth-order valence-electron chi connectivity index (χ4n) is 1.31. The fourth-order valence-corrected chi connectivity index (χ4v) is 1.31. The van der Waals surface area contributed by atoms with Gasteiger partial charge in [-0.25, -0.2) is 4.79 Å². The lowest BCUT2D eigenvalue weighted by molar-refractivity contribution is -0.143. The van der Waals surface area contributed by atoms with Crippen molar-refractivity contribution in [3.63, 3.8) is 0 Å². The van der Waals surface area contributed by atoms with Gasteiger partial charge in [0, 0.05) is 12.6 Å². The van der Waals surface area contributed by atoms with E-state index in [0.717, 1.165) is 12.5 Å². The molecular formula is C14H23NO5. The molecule has 0 saturated heterocycles. The van der Waals surface area contributed by atoms with Crippen molar-refractivity contribution in [1.29, 1.82) is 0 Å². The van der Waals surface area contributed by atoms with Crippen molar-refractivity contribution in [2.45, 2.75) is 33.6 Å². The molecule has 6 heteroatoms. The third kappa shape index (κ3) is 8.29. The summed E-state index contributed by atoms with van der Waals surface area (Å²) in [5, 5.41) is 2.66. The summed E-state index contributed by atoms with van der Waals surface area (Å²) in [4.78, 5) is 34.3. The normalized spacial score (nSPS) is 11.8. The SMILES string of the molecule is COC(=O)C/C(=C/C(=O)NCCC(C)(C)C)C(=O)OC. The number of ether oxygens (including phenoxy) is 2. The average molecular weight is 285 g/mol. The van der Waals surface area contributed by atoms with E-state index in [1.807, 2.05) is 0 Å². The van der Waals surface area contributed by atoms with Crippen molar-refractivity contribution in [2.24, 2.45) is 5.41 Å². The van der Waals surface area contributed by atoms with Gasteiger partial charge in [0.25, 0.3) is 0 Å². The minimum atomic E-state index is -0.721. The predicted molar refractivity (Wildman–Crippen MR) is 73.8 cm³/mol. The Hall–Kier alpha value is -1.85. The van der Waals surface area contributed by atoms with E-state index in [0.29, 0.717) is 6.54 Å². The highest BCUT2D eigenvalue weighted by atomic mass is 16.5. The monoisotopic (exact) mass is 285 g/mol. The maximum atomic E-state index is 11.7. The molecule has 0 aliphatic rings. The lowest BCUT2D eigenvalue weighted by atomic mass is 9.92. The van der Waals surface area contributed by atoms with E-state index >= 15 is 0 Å². The van der Waals surface area contributed by atoms with Crippen LogP contribution in [0, 0.1) is 5.41 Å². The molecule has 0 saturated carbocycles. The number of carbonyl (C=O) groups is 3. The highest BCUT2D eigenvalue weighted by Crippen LogP contribution is 2.16. The molecule has 0 unspecified atom stereocenters. The number of hydrogen-bond donors (Lipinski definition) is 1. The molecule has 20 heavy (non-hydrogen) atoms. The summed E-state index contributed by atoms with van der Waals surface area (Å²) in [6.45, 7) is 6.68. The lowest BCUT2D eigenvalue weighted by Gasteiger charge is -2.17. The molecule has 0 atom stereocenters. The molecule has 0 bridgehead atoms. The summed E-state index contributed by atoms with van der Waals surface area (Å²) in [6.07, 6.45) is 1.58. The Morgan fingerprint density at radius 2 is 1.70 bits per heavy atom. The maximum Gasteiger partial charge on any atom is 0.334 e. The first-order valence-corrected chi connectivity index (χ1v) is 6.33. The Labute approximate surface area is 119 Å². The lowest BCUT2D eigenvalue weighted by Crippen LogP contribution is -2.26. The first kappa shape index (κ1) is 18.1. The van der Waals surface area contributed by atoms with Gasteiger partial charge in [-0.2, -0.15) is 0 Å². The van der Waals surface area contributed by atoms with Crippen LogP contribution < -0.4 is 5.32 Å². The van der Waals surface area contributed by atoms with Crippen LogP contribution in [0.1, 0.15) is 33.6 Å². The van der Waals surface area contributed by atoms with Gasteiger partial charge in [-0.1, -0.05) is 20.8 Å². The van der Waals surface area contributed by atoms with Crippen molar-refractivity contribution in [3.8, 4) is 0 Å². The Balaban J connectivity index is 4.61. The second-order valence-corrected chi connectivity index (χ2v) is 5.52. The molecule has 0 aliphatic heterocycles. The van der Waals surface area contributed by atoms with Crippen LogP contribution in [0.3, 0.4) is 0 Å². The largest absolute Gasteiger partial charge is 0.469 e. The Bertz CT molecular complexity index is 393. The highest BCUT2D eigenvalue weighted by molar-refractivity contribution is 6.01. The quantitative estimate of drug-likeness (QED) is 0.586. The number of rotatable bonds is 6. The molecule has 0 heterocycles. The van der Waals surface area contributed by atoms with Crippen LogP contribution >= 0.6 is 0 Å². The van der Waals surface area contributed by atoms with E-state index in [9.17, 15) is 14.4 Å². The number of esters is 2. The van der Waals surface area contributed by atoms with Crippen molar-refractivity contribution < 1.29 is 23.9 Å². The van der Waals surface area contributed by atoms with Gasteiger partial charge in [0.1, 0.15) is 0 Å². The zero-order chi connectivity index (χ0) is 15.8. The topological polar surface area (TPSA) is 81.7 Å². The standard InChI is InChI=1S/C14H23NO5/c1-14(2,3)6-7-15-11(16)8-10(13(18)20-5)9-12(17)19-4/h8H,6-7,9H2,1-5H3,(H,15,16)/b10-8-. The molecule has 6 nitrogen and oxygen atoms in total. The fraction of sp³-hybridized carbons (Fsp3) is 0.643. The van der Waals surface area contributed by atoms with E-state index in [2.05, 4.69) is 35.6 Å². The summed E-state index contributed by atoms with van der Waals surface area (Å²) in [6, 6.07) is 0. The molecule has 1 amide bonds. The first-order chi connectivity index (χ1) is 9.19. The van der Waals surface area contributed by atoms with Crippen LogP contribution in [-0.2, 0) is 23.9 Å². The Morgan fingerprint density at radius 3 is 2.15 bits per heavy atom. The van der Waals surface area contributed by atoms with Gasteiger partial charge in [0.15, 0.2) is 0 Å². The zero-order valence-corrected chi connectivity index (χ0v) is 12.7. The zero-order valence-electron chi connectivity index (χ0n) is 12.7. The van der Waals surface area contributed by atoms with Gasteiger partial charge < -0.3 is 14.8 Å². The van der Waals surface area contributed by atoms with Crippen molar-refractivity contribution >= 4 is 17.8 Å². The third-order valence-electron chi connectivity index (χ3n) is 2.49. The smallest absolute Gasteiger partial charge is 0.334 e. The van der Waals surface area contributed by atoms with Crippen molar-refractivity contribution in [2.75, 3.05) is 20.8 Å². The summed E-state index contributed by atoms with van der Waals surface area (Å²) in [7, 11) is 2.39. The molecule has 0 radical (unpaired) electrons. The van der Waals surface area contributed by atoms with E-state index < -0.39 is 17.8 Å². The first-order valence-electron chi connectivity index (χ1n) is 6.33. The van der Waals surface area contributed by atoms with Gasteiger partial charge >= 0.3 is 11.9 Å². The van der Waals surface area contributed by atoms with E-state index in [4.69, 9.17) is 0 Å². The molecule has 114 valence electrons. The molecule has 1 N–H and O–H groups in total. The molecule has 0 aromatic carbocycles. The summed E-state index contributed by atoms with van der Waals surface area (Å²) >= 11 is 0. The minimum absolute atomic E-state index is 0.0346. The molecule has 0 spiro atoms. The van der Waals surface area contributed by atoms with Gasteiger partial charge in [-0.15, -0.1) is 0 Å². The molecule has 0 fully saturated rings. The van der Waals surface area contributed by atoms with Gasteiger partial charge in [-0.05, 0) is 11.8 Å². The highest BCUT2D eigenvalue weighted by Gasteiger charge is 2.17. The number of nitrogens with one attached hydrogen (secondary N) is 1. The minimum Gasteiger partial charge on any atom is -0.469 e. The molecule has 0 aromatic rings. The van der Waals surface area contributed by atoms with Crippen LogP contribution in [0.15, 0.2) is 11.6 Å². The number of amides is 1. The van der Waals surface area contributed by atoms with Gasteiger partial charge in [0.2, 0.25) is 5.91 Å². The molecule has 0 aliphatic carbocycles. The van der Waals surface area contributed by atoms with Crippen LogP contribution in [0.5, 0.6) is 0 Å². The maximum absolute atomic E-state index is 11.7. The number of methoxy groups -OCH3 is 2. The summed E-state index contributed by atoms with van der Waals surface area (Å²) in [5.74, 6) is -1.76. The van der Waals surface area contributed by atoms with Crippen molar-refractivity contribution in [1.82, 2.24) is 5.32 Å².